The molecule has 1 spiro atoms. The molecule has 0 fully saturated rings. The number of hydrogen-bond acceptors (Lipinski definition) is 1. The number of nitrogens with zero attached hydrogens (tertiary/aromatic N) is 1. The minimum atomic E-state index is -0.463. The Kier molecular flexibility index (Phi) is 7.67. The Morgan fingerprint density at radius 3 is 1.24 bits per heavy atom. The lowest BCUT2D eigenvalue weighted by atomic mass is 9.62. The Balaban J connectivity index is 1.32. The van der Waals surface area contributed by atoms with Gasteiger partial charge in [0, 0.05) is 16.9 Å². The molecule has 0 N–H and O–H groups in total. The number of benzene rings is 8. The fraction of sp³-hybridized carbons (Fsp3) is 0.158. The summed E-state index contributed by atoms with van der Waals surface area (Å²) in [5.74, 6) is 0. The molecule has 3 aliphatic carbocycles. The van der Waals surface area contributed by atoms with Crippen LogP contribution in [0.5, 0.6) is 0 Å². The van der Waals surface area contributed by atoms with Gasteiger partial charge in [0.2, 0.25) is 0 Å². The maximum atomic E-state index is 2.59. The van der Waals surface area contributed by atoms with Crippen molar-refractivity contribution in [2.24, 2.45) is 0 Å². The van der Waals surface area contributed by atoms with E-state index in [0.717, 1.165) is 17.8 Å². The van der Waals surface area contributed by atoms with E-state index in [0.29, 0.717) is 0 Å². The van der Waals surface area contributed by atoms with E-state index in [-0.39, 0.29) is 10.8 Å². The van der Waals surface area contributed by atoms with Crippen molar-refractivity contribution >= 4 is 17.1 Å². The molecule has 0 radical (unpaired) electrons. The van der Waals surface area contributed by atoms with Gasteiger partial charge in [-0.3, -0.25) is 0 Å². The number of anilines is 3. The van der Waals surface area contributed by atoms with Gasteiger partial charge >= 0.3 is 0 Å². The average Bonchev–Trinajstić information content (AvgIpc) is 3.73. The predicted molar refractivity (Wildman–Crippen MR) is 244 cm³/mol. The van der Waals surface area contributed by atoms with E-state index in [4.69, 9.17) is 0 Å². The highest BCUT2D eigenvalue weighted by molar-refractivity contribution is 6.02. The Morgan fingerprint density at radius 1 is 0.328 bits per heavy atom. The summed E-state index contributed by atoms with van der Waals surface area (Å²) >= 11 is 0. The Labute approximate surface area is 343 Å². The zero-order valence-corrected chi connectivity index (χ0v) is 33.8. The van der Waals surface area contributed by atoms with E-state index < -0.39 is 5.41 Å². The monoisotopic (exact) mass is 745 g/mol. The highest BCUT2D eigenvalue weighted by Gasteiger charge is 2.52. The van der Waals surface area contributed by atoms with Crippen molar-refractivity contribution in [1.29, 1.82) is 0 Å². The first-order valence-electron chi connectivity index (χ1n) is 20.9. The molecule has 0 amide bonds. The molecule has 0 bridgehead atoms. The van der Waals surface area contributed by atoms with Gasteiger partial charge < -0.3 is 4.90 Å². The molecule has 1 heteroatoms. The normalized spacial score (nSPS) is 15.9. The maximum Gasteiger partial charge on any atom is 0.0726 e. The Morgan fingerprint density at radius 2 is 0.741 bits per heavy atom. The van der Waals surface area contributed by atoms with E-state index in [2.05, 4.69) is 221 Å². The first-order valence-corrected chi connectivity index (χ1v) is 20.9. The molecule has 0 heterocycles. The van der Waals surface area contributed by atoms with E-state index in [1.54, 1.807) is 0 Å². The van der Waals surface area contributed by atoms with Crippen LogP contribution in [-0.4, -0.2) is 0 Å². The molecule has 0 aliphatic heterocycles. The van der Waals surface area contributed by atoms with Gasteiger partial charge in [-0.1, -0.05) is 167 Å². The summed E-state index contributed by atoms with van der Waals surface area (Å²) in [6.45, 7) is 9.78. The van der Waals surface area contributed by atoms with Crippen LogP contribution < -0.4 is 4.90 Å². The summed E-state index contributed by atoms with van der Waals surface area (Å²) in [5.41, 5.74) is 21.7. The first kappa shape index (κ1) is 34.8. The highest BCUT2D eigenvalue weighted by Crippen LogP contribution is 2.64. The summed E-state index contributed by atoms with van der Waals surface area (Å²) in [6, 6.07) is 70.8. The molecule has 0 atom stereocenters. The fourth-order valence-corrected chi connectivity index (χ4v) is 10.8. The number of rotatable bonds is 5. The van der Waals surface area contributed by atoms with Gasteiger partial charge in [-0.25, -0.2) is 0 Å². The lowest BCUT2D eigenvalue weighted by Gasteiger charge is -2.43. The highest BCUT2D eigenvalue weighted by atomic mass is 15.1. The first-order chi connectivity index (χ1) is 28.3. The van der Waals surface area contributed by atoms with Gasteiger partial charge in [-0.15, -0.1) is 0 Å². The lowest BCUT2D eigenvalue weighted by molar-refractivity contribution is 0.332. The van der Waals surface area contributed by atoms with E-state index in [1.807, 2.05) is 0 Å². The van der Waals surface area contributed by atoms with Gasteiger partial charge in [0.15, 0.2) is 0 Å². The van der Waals surface area contributed by atoms with Crippen molar-refractivity contribution in [1.82, 2.24) is 0 Å². The smallest absolute Gasteiger partial charge is 0.0726 e. The fourth-order valence-electron chi connectivity index (χ4n) is 10.8. The van der Waals surface area contributed by atoms with E-state index in [9.17, 15) is 0 Å². The van der Waals surface area contributed by atoms with Crippen LogP contribution in [0.2, 0.25) is 0 Å². The van der Waals surface area contributed by atoms with Crippen LogP contribution >= 0.6 is 0 Å². The summed E-state index contributed by atoms with van der Waals surface area (Å²) in [7, 11) is 0. The molecule has 3 aliphatic rings. The molecule has 0 aromatic heterocycles. The van der Waals surface area contributed by atoms with Gasteiger partial charge in [-0.2, -0.15) is 0 Å². The van der Waals surface area contributed by atoms with Crippen LogP contribution in [0.3, 0.4) is 0 Å². The summed E-state index contributed by atoms with van der Waals surface area (Å²) in [6.07, 6.45) is 2.32. The third-order valence-corrected chi connectivity index (χ3v) is 13.7. The van der Waals surface area contributed by atoms with Crippen LogP contribution in [0.15, 0.2) is 188 Å². The minimum absolute atomic E-state index is 0.0399. The quantitative estimate of drug-likeness (QED) is 0.170. The second-order valence-electron chi connectivity index (χ2n) is 17.9. The molecule has 0 saturated heterocycles. The zero-order valence-electron chi connectivity index (χ0n) is 33.8. The van der Waals surface area contributed by atoms with Gasteiger partial charge in [0.05, 0.1) is 11.1 Å². The molecule has 0 unspecified atom stereocenters. The van der Waals surface area contributed by atoms with Gasteiger partial charge in [-0.05, 0) is 145 Å². The van der Waals surface area contributed by atoms with Crippen LogP contribution in [0, 0.1) is 0 Å². The molecular formula is C57H47N. The van der Waals surface area contributed by atoms with Crippen molar-refractivity contribution in [3.8, 4) is 44.5 Å². The predicted octanol–water partition coefficient (Wildman–Crippen LogP) is 15.2. The van der Waals surface area contributed by atoms with E-state index in [1.165, 1.54) is 90.0 Å². The second-order valence-corrected chi connectivity index (χ2v) is 17.9. The van der Waals surface area contributed by atoms with Crippen molar-refractivity contribution < 1.29 is 0 Å². The van der Waals surface area contributed by atoms with Crippen molar-refractivity contribution in [2.75, 3.05) is 4.90 Å². The summed E-state index contributed by atoms with van der Waals surface area (Å²) in [5, 5.41) is 0. The van der Waals surface area contributed by atoms with Gasteiger partial charge in [0.1, 0.15) is 0 Å². The third kappa shape index (κ3) is 4.96. The van der Waals surface area contributed by atoms with Crippen LogP contribution in [0.25, 0.3) is 44.5 Å². The molecule has 11 rings (SSSR count). The standard InChI is InChI=1S/C57H47N/c1-55(2)32-33-56(3,4)53-36-45(44(35-52(53)55)38-20-8-5-9-21-38)47-34-46-43-28-16-19-31-50(43)57(48-29-17-14-26-41(48)42-27-15-18-30-49(42)57)51(46)37-54(47)58(39-22-10-6-11-23-39)40-24-12-7-13-25-40/h5-31,34-37H,32-33H2,1-4H3. The molecule has 1 nitrogen and oxygen atoms in total. The minimum Gasteiger partial charge on any atom is -0.310 e. The molecule has 280 valence electrons. The molecule has 0 saturated carbocycles. The van der Waals surface area contributed by atoms with Crippen LogP contribution in [-0.2, 0) is 16.2 Å². The molecule has 8 aromatic rings. The summed E-state index contributed by atoms with van der Waals surface area (Å²) < 4.78 is 0. The average molecular weight is 746 g/mol. The number of para-hydroxylation sites is 2. The van der Waals surface area contributed by atoms with Crippen LogP contribution in [0.4, 0.5) is 17.1 Å². The maximum absolute atomic E-state index is 2.59. The Bertz CT molecular complexity index is 2800. The molecular weight excluding hydrogens is 699 g/mol. The van der Waals surface area contributed by atoms with Crippen molar-refractivity contribution in [3.05, 3.63) is 221 Å². The molecule has 8 aromatic carbocycles. The summed E-state index contributed by atoms with van der Waals surface area (Å²) in [4.78, 5) is 2.50. The third-order valence-electron chi connectivity index (χ3n) is 13.7. The van der Waals surface area contributed by atoms with Crippen molar-refractivity contribution in [2.45, 2.75) is 56.8 Å². The number of hydrogen-bond donors (Lipinski definition) is 0. The van der Waals surface area contributed by atoms with Crippen LogP contribution in [0.1, 0.15) is 73.9 Å². The topological polar surface area (TPSA) is 3.24 Å². The SMILES string of the molecule is CC1(C)CCC(C)(C)c2cc(-c3cc4c(cc3N(c3ccccc3)c3ccccc3)C3(c5ccccc5-c5ccccc53)c3ccccc3-4)c(-c3ccccc3)cc21. The molecule has 58 heavy (non-hydrogen) atoms. The Hall–Kier alpha value is -6.44. The zero-order chi connectivity index (χ0) is 39.2. The van der Waals surface area contributed by atoms with Crippen molar-refractivity contribution in [3.63, 3.8) is 0 Å². The second kappa shape index (κ2) is 12.8. The van der Waals surface area contributed by atoms with Gasteiger partial charge in [0.25, 0.3) is 0 Å². The largest absolute Gasteiger partial charge is 0.310 e. The lowest BCUT2D eigenvalue weighted by Crippen LogP contribution is -2.34. The number of fused-ring (bicyclic) bond motifs is 11. The van der Waals surface area contributed by atoms with E-state index >= 15 is 0 Å².